The number of nitrogens with one attached hydrogen (secondary N) is 1. The van der Waals surface area contributed by atoms with E-state index in [1.54, 1.807) is 0 Å². The van der Waals surface area contributed by atoms with E-state index in [1.165, 1.54) is 31.4 Å². The van der Waals surface area contributed by atoms with Gasteiger partial charge in [-0.1, -0.05) is 6.42 Å². The van der Waals surface area contributed by atoms with Gasteiger partial charge in [0.15, 0.2) is 0 Å². The smallest absolute Gasteiger partial charge is 0.335 e. The molecule has 0 atom stereocenters. The third kappa shape index (κ3) is 2.32. The van der Waals surface area contributed by atoms with E-state index in [2.05, 4.69) is 5.32 Å². The minimum absolute atomic E-state index is 0.0216. The highest BCUT2D eigenvalue weighted by atomic mass is 19.1. The molecule has 0 bridgehead atoms. The van der Waals surface area contributed by atoms with E-state index in [4.69, 9.17) is 5.11 Å². The number of anilines is 1. The molecule has 0 saturated heterocycles. The average Bonchev–Trinajstić information content (AvgIpc) is 2.17. The molecular weight excluding hydrogens is 209 g/mol. The van der Waals surface area contributed by atoms with Crippen molar-refractivity contribution >= 4 is 11.7 Å². The van der Waals surface area contributed by atoms with Crippen LogP contribution in [0.25, 0.3) is 0 Å². The number of carboxylic acid groups (broad SMARTS) is 1. The van der Waals surface area contributed by atoms with E-state index in [9.17, 15) is 9.18 Å². The van der Waals surface area contributed by atoms with Crippen LogP contribution in [0.2, 0.25) is 0 Å². The van der Waals surface area contributed by atoms with Gasteiger partial charge in [-0.2, -0.15) is 0 Å². The van der Waals surface area contributed by atoms with Crippen molar-refractivity contribution in [3.05, 3.63) is 29.6 Å². The first-order valence-electron chi connectivity index (χ1n) is 5.43. The second kappa shape index (κ2) is 4.51. The van der Waals surface area contributed by atoms with Crippen LogP contribution in [0.3, 0.4) is 0 Å². The quantitative estimate of drug-likeness (QED) is 0.825. The molecule has 1 aliphatic carbocycles. The number of carboxylic acids is 1. The normalized spacial score (nSPS) is 15.6. The monoisotopic (exact) mass is 223 g/mol. The lowest BCUT2D eigenvalue weighted by molar-refractivity contribution is 0.0696. The van der Waals surface area contributed by atoms with Crippen LogP contribution < -0.4 is 5.32 Å². The first-order valence-corrected chi connectivity index (χ1v) is 5.43. The van der Waals surface area contributed by atoms with Gasteiger partial charge < -0.3 is 10.4 Å². The second-order valence-electron chi connectivity index (χ2n) is 4.18. The molecule has 2 N–H and O–H groups in total. The Bertz CT molecular complexity index is 402. The van der Waals surface area contributed by atoms with E-state index >= 15 is 0 Å². The third-order valence-electron chi connectivity index (χ3n) is 3.02. The molecule has 1 aliphatic rings. The van der Waals surface area contributed by atoms with Gasteiger partial charge in [0.25, 0.3) is 0 Å². The maximum absolute atomic E-state index is 13.5. The van der Waals surface area contributed by atoms with Gasteiger partial charge in [0, 0.05) is 6.54 Å². The Kier molecular flexibility index (Phi) is 3.08. The molecule has 0 aliphatic heterocycles. The summed E-state index contributed by atoms with van der Waals surface area (Å²) in [6, 6.07) is 3.94. The zero-order valence-electron chi connectivity index (χ0n) is 8.87. The molecule has 1 aromatic rings. The van der Waals surface area contributed by atoms with Crippen molar-refractivity contribution < 1.29 is 14.3 Å². The molecule has 1 aromatic carbocycles. The fourth-order valence-electron chi connectivity index (χ4n) is 1.74. The summed E-state index contributed by atoms with van der Waals surface area (Å²) in [6.07, 6.45) is 3.65. The van der Waals surface area contributed by atoms with Crippen LogP contribution in [-0.4, -0.2) is 17.6 Å². The van der Waals surface area contributed by atoms with Crippen LogP contribution in [0.4, 0.5) is 10.1 Å². The largest absolute Gasteiger partial charge is 0.478 e. The second-order valence-corrected chi connectivity index (χ2v) is 4.18. The standard InChI is InChI=1S/C12H14FNO2/c13-10-6-9(12(15)16)4-5-11(10)14-7-8-2-1-3-8/h4-6,8,14H,1-3,7H2,(H,15,16). The highest BCUT2D eigenvalue weighted by Crippen LogP contribution is 2.27. The van der Waals surface area contributed by atoms with Crippen molar-refractivity contribution in [2.75, 3.05) is 11.9 Å². The number of halogens is 1. The number of rotatable bonds is 4. The molecule has 0 amide bonds. The van der Waals surface area contributed by atoms with Gasteiger partial charge in [-0.25, -0.2) is 9.18 Å². The molecule has 3 nitrogen and oxygen atoms in total. The molecule has 0 radical (unpaired) electrons. The summed E-state index contributed by atoms with van der Waals surface area (Å²) in [5.41, 5.74) is 0.364. The van der Waals surface area contributed by atoms with Gasteiger partial charge in [0.1, 0.15) is 5.82 Å². The molecule has 0 spiro atoms. The zero-order chi connectivity index (χ0) is 11.5. The minimum atomic E-state index is -1.11. The lowest BCUT2D eigenvalue weighted by Gasteiger charge is -2.25. The van der Waals surface area contributed by atoms with Gasteiger partial charge in [-0.3, -0.25) is 0 Å². The first kappa shape index (κ1) is 10.9. The summed E-state index contributed by atoms with van der Waals surface area (Å²) in [7, 11) is 0. The minimum Gasteiger partial charge on any atom is -0.478 e. The molecule has 4 heteroatoms. The summed E-state index contributed by atoms with van der Waals surface area (Å²) < 4.78 is 13.5. The first-order chi connectivity index (χ1) is 7.66. The molecule has 1 saturated carbocycles. The van der Waals surface area contributed by atoms with Crippen LogP contribution in [0.15, 0.2) is 18.2 Å². The van der Waals surface area contributed by atoms with Crippen LogP contribution >= 0.6 is 0 Å². The van der Waals surface area contributed by atoms with Gasteiger partial charge in [-0.15, -0.1) is 0 Å². The average molecular weight is 223 g/mol. The third-order valence-corrected chi connectivity index (χ3v) is 3.02. The van der Waals surface area contributed by atoms with Crippen molar-refractivity contribution in [3.8, 4) is 0 Å². The maximum atomic E-state index is 13.5. The Morgan fingerprint density at radius 2 is 2.25 bits per heavy atom. The molecule has 86 valence electrons. The molecule has 0 aromatic heterocycles. The summed E-state index contributed by atoms with van der Waals surface area (Å²) in [6.45, 7) is 0.767. The fourth-order valence-corrected chi connectivity index (χ4v) is 1.74. The molecule has 2 rings (SSSR count). The number of benzene rings is 1. The van der Waals surface area contributed by atoms with Crippen molar-refractivity contribution in [2.24, 2.45) is 5.92 Å². The maximum Gasteiger partial charge on any atom is 0.335 e. The van der Waals surface area contributed by atoms with Crippen molar-refractivity contribution in [1.82, 2.24) is 0 Å². The van der Waals surface area contributed by atoms with Crippen molar-refractivity contribution in [2.45, 2.75) is 19.3 Å². The van der Waals surface area contributed by atoms with Crippen LogP contribution in [-0.2, 0) is 0 Å². The van der Waals surface area contributed by atoms with Crippen LogP contribution in [0, 0.1) is 11.7 Å². The topological polar surface area (TPSA) is 49.3 Å². The number of hydrogen-bond acceptors (Lipinski definition) is 2. The molecule has 16 heavy (non-hydrogen) atoms. The molecule has 0 unspecified atom stereocenters. The lowest BCUT2D eigenvalue weighted by atomic mass is 9.85. The van der Waals surface area contributed by atoms with Gasteiger partial charge >= 0.3 is 5.97 Å². The number of aromatic carboxylic acids is 1. The SMILES string of the molecule is O=C(O)c1ccc(NCC2CCC2)c(F)c1. The zero-order valence-corrected chi connectivity index (χ0v) is 8.87. The number of carbonyl (C=O) groups is 1. The Morgan fingerprint density at radius 1 is 1.50 bits per heavy atom. The summed E-state index contributed by atoms with van der Waals surface area (Å²) >= 11 is 0. The predicted octanol–water partition coefficient (Wildman–Crippen LogP) is 2.74. The molecule has 1 fully saturated rings. The summed E-state index contributed by atoms with van der Waals surface area (Å²) in [4.78, 5) is 10.6. The van der Waals surface area contributed by atoms with Gasteiger partial charge in [-0.05, 0) is 37.0 Å². The van der Waals surface area contributed by atoms with Crippen LogP contribution in [0.1, 0.15) is 29.6 Å². The van der Waals surface area contributed by atoms with Gasteiger partial charge in [0.2, 0.25) is 0 Å². The Labute approximate surface area is 93.3 Å². The summed E-state index contributed by atoms with van der Waals surface area (Å²) in [5, 5.41) is 11.7. The predicted molar refractivity (Wildman–Crippen MR) is 59.2 cm³/mol. The van der Waals surface area contributed by atoms with Crippen LogP contribution in [0.5, 0.6) is 0 Å². The fraction of sp³-hybridized carbons (Fsp3) is 0.417. The Morgan fingerprint density at radius 3 is 2.75 bits per heavy atom. The number of hydrogen-bond donors (Lipinski definition) is 2. The summed E-state index contributed by atoms with van der Waals surface area (Å²) in [5.74, 6) is -0.970. The van der Waals surface area contributed by atoms with Gasteiger partial charge in [0.05, 0.1) is 11.3 Å². The lowest BCUT2D eigenvalue weighted by Crippen LogP contribution is -2.21. The van der Waals surface area contributed by atoms with E-state index in [-0.39, 0.29) is 5.56 Å². The van der Waals surface area contributed by atoms with E-state index in [0.29, 0.717) is 11.6 Å². The van der Waals surface area contributed by atoms with Crippen molar-refractivity contribution in [3.63, 3.8) is 0 Å². The molecular formula is C12H14FNO2. The van der Waals surface area contributed by atoms with Crippen molar-refractivity contribution in [1.29, 1.82) is 0 Å². The highest BCUT2D eigenvalue weighted by molar-refractivity contribution is 5.88. The Balaban J connectivity index is 2.00. The Hall–Kier alpha value is -1.58. The van der Waals surface area contributed by atoms with E-state index < -0.39 is 11.8 Å². The van der Waals surface area contributed by atoms with E-state index in [1.807, 2.05) is 0 Å². The highest BCUT2D eigenvalue weighted by Gasteiger charge is 2.17. The molecule has 0 heterocycles. The van der Waals surface area contributed by atoms with E-state index in [0.717, 1.165) is 12.6 Å².